The van der Waals surface area contributed by atoms with Crippen molar-refractivity contribution >= 4 is 56.0 Å². The molecule has 2 heterocycles. The summed E-state index contributed by atoms with van der Waals surface area (Å²) in [4.78, 5) is 21.3. The molecule has 164 valence electrons. The van der Waals surface area contributed by atoms with Crippen molar-refractivity contribution in [2.24, 2.45) is 0 Å². The number of nitrogens with zero attached hydrogens (tertiary/aromatic N) is 3. The molecule has 0 unspecified atom stereocenters. The summed E-state index contributed by atoms with van der Waals surface area (Å²) in [7, 11) is 0. The molecule has 0 saturated heterocycles. The second kappa shape index (κ2) is 7.98. The molecule has 2 N–H and O–H groups in total. The van der Waals surface area contributed by atoms with E-state index in [-0.39, 0.29) is 35.2 Å². The summed E-state index contributed by atoms with van der Waals surface area (Å²) in [6.45, 7) is 3.93. The summed E-state index contributed by atoms with van der Waals surface area (Å²) in [5.41, 5.74) is -0.434. The van der Waals surface area contributed by atoms with Crippen molar-refractivity contribution in [3.8, 4) is 0 Å². The van der Waals surface area contributed by atoms with Gasteiger partial charge in [0.15, 0.2) is 5.82 Å². The highest BCUT2D eigenvalue weighted by Gasteiger charge is 2.52. The smallest absolute Gasteiger partial charge is 0.261 e. The van der Waals surface area contributed by atoms with Crippen LogP contribution in [-0.4, -0.2) is 32.4 Å². The average Bonchev–Trinajstić information content (AvgIpc) is 3.33. The fourth-order valence-corrected chi connectivity index (χ4v) is 3.91. The third-order valence-corrected chi connectivity index (χ3v) is 5.92. The van der Waals surface area contributed by atoms with E-state index in [1.165, 1.54) is 6.07 Å². The van der Waals surface area contributed by atoms with E-state index in [4.69, 9.17) is 11.6 Å². The number of anilines is 2. The van der Waals surface area contributed by atoms with Gasteiger partial charge < -0.3 is 15.2 Å². The van der Waals surface area contributed by atoms with Crippen LogP contribution in [0.2, 0.25) is 5.02 Å². The number of carbonyl (C=O) groups is 1. The molecule has 0 radical (unpaired) electrons. The normalized spacial score (nSPS) is 15.0. The monoisotopic (exact) mass is 515 g/mol. The summed E-state index contributed by atoms with van der Waals surface area (Å²) in [5, 5.41) is 5.05. The first-order valence-electron chi connectivity index (χ1n) is 9.51. The van der Waals surface area contributed by atoms with Gasteiger partial charge in [-0.2, -0.15) is 0 Å². The lowest BCUT2D eigenvalue weighted by Crippen LogP contribution is -2.42. The van der Waals surface area contributed by atoms with Crippen molar-refractivity contribution in [1.82, 2.24) is 19.9 Å². The van der Waals surface area contributed by atoms with Crippen molar-refractivity contribution in [3.63, 3.8) is 0 Å². The number of hydrogen-bond acceptors (Lipinski definition) is 4. The molecule has 11 heteroatoms. The molecular formula is C20H18BrClF3N5O. The van der Waals surface area contributed by atoms with Crippen LogP contribution in [-0.2, 0) is 0 Å². The van der Waals surface area contributed by atoms with Gasteiger partial charge in [0.25, 0.3) is 12.3 Å². The largest absolute Gasteiger partial charge is 0.341 e. The van der Waals surface area contributed by atoms with Crippen LogP contribution in [0.5, 0.6) is 0 Å². The van der Waals surface area contributed by atoms with Crippen LogP contribution in [0.3, 0.4) is 0 Å². The molecule has 1 fully saturated rings. The molecule has 4 rings (SSSR count). The number of aromatic nitrogens is 3. The molecular weight excluding hydrogens is 499 g/mol. The van der Waals surface area contributed by atoms with E-state index in [9.17, 15) is 18.0 Å². The first-order valence-corrected chi connectivity index (χ1v) is 10.7. The number of amides is 1. The molecule has 0 spiro atoms. The number of nitrogens with one attached hydrogen (secondary N) is 2. The standard InChI is InChI=1S/C20H18BrClF3N5O/c1-9(2)30-8-26-14-7-15(21)28-17(16(14)30)27-13-5-10(11(22)6-12(13)23)18(31)29-20(3-4-20)19(24)25/h5-9,19H,3-4H2,1-2H3,(H,27,28)(H,29,31). The SMILES string of the molecule is CC(C)n1cnc2cc(Br)nc(Nc3cc(C(=O)NC4(C(F)F)CC4)c(Cl)cc3F)c21. The molecule has 6 nitrogen and oxygen atoms in total. The Kier molecular flexibility index (Phi) is 5.63. The van der Waals surface area contributed by atoms with E-state index in [2.05, 4.69) is 36.5 Å². The van der Waals surface area contributed by atoms with Gasteiger partial charge in [-0.15, -0.1) is 0 Å². The number of carbonyl (C=O) groups excluding carboxylic acids is 1. The Labute approximate surface area is 189 Å². The number of fused-ring (bicyclic) bond motifs is 1. The van der Waals surface area contributed by atoms with E-state index in [1.54, 1.807) is 12.4 Å². The molecule has 0 aliphatic heterocycles. The highest BCUT2D eigenvalue weighted by Crippen LogP contribution is 2.41. The third-order valence-electron chi connectivity index (χ3n) is 5.20. The van der Waals surface area contributed by atoms with E-state index in [1.807, 2.05) is 18.4 Å². The van der Waals surface area contributed by atoms with Crippen LogP contribution < -0.4 is 10.6 Å². The first-order chi connectivity index (χ1) is 14.6. The number of rotatable bonds is 6. The third kappa shape index (κ3) is 4.10. The van der Waals surface area contributed by atoms with Crippen molar-refractivity contribution in [2.45, 2.75) is 44.7 Å². The fourth-order valence-electron chi connectivity index (χ4n) is 3.28. The Morgan fingerprint density at radius 3 is 2.61 bits per heavy atom. The summed E-state index contributed by atoms with van der Waals surface area (Å²) < 4.78 is 43.4. The summed E-state index contributed by atoms with van der Waals surface area (Å²) >= 11 is 9.36. The number of imidazole rings is 1. The molecule has 0 bridgehead atoms. The highest BCUT2D eigenvalue weighted by atomic mass is 79.9. The van der Waals surface area contributed by atoms with E-state index in [0.717, 1.165) is 6.07 Å². The minimum absolute atomic E-state index is 0.0639. The van der Waals surface area contributed by atoms with Gasteiger partial charge in [0.2, 0.25) is 0 Å². The predicted octanol–water partition coefficient (Wildman–Crippen LogP) is 5.84. The summed E-state index contributed by atoms with van der Waals surface area (Å²) in [6, 6.07) is 3.96. The van der Waals surface area contributed by atoms with Crippen LogP contribution in [0.1, 0.15) is 43.1 Å². The van der Waals surface area contributed by atoms with Gasteiger partial charge >= 0.3 is 0 Å². The maximum absolute atomic E-state index is 14.7. The van der Waals surface area contributed by atoms with Gasteiger partial charge in [-0.25, -0.2) is 23.1 Å². The zero-order valence-electron chi connectivity index (χ0n) is 16.5. The molecule has 2 aromatic heterocycles. The van der Waals surface area contributed by atoms with Gasteiger partial charge in [0.1, 0.15) is 21.5 Å². The van der Waals surface area contributed by atoms with Crippen molar-refractivity contribution < 1.29 is 18.0 Å². The van der Waals surface area contributed by atoms with Crippen molar-refractivity contribution in [1.29, 1.82) is 0 Å². The lowest BCUT2D eigenvalue weighted by atomic mass is 10.1. The molecule has 1 amide bonds. The minimum Gasteiger partial charge on any atom is -0.341 e. The van der Waals surface area contributed by atoms with E-state index < -0.39 is 23.7 Å². The number of halogens is 5. The van der Waals surface area contributed by atoms with E-state index >= 15 is 0 Å². The maximum Gasteiger partial charge on any atom is 0.261 e. The minimum atomic E-state index is -2.69. The Balaban J connectivity index is 1.72. The van der Waals surface area contributed by atoms with Gasteiger partial charge in [-0.05, 0) is 60.8 Å². The van der Waals surface area contributed by atoms with Gasteiger partial charge in [-0.3, -0.25) is 4.79 Å². The Morgan fingerprint density at radius 1 is 1.29 bits per heavy atom. The zero-order valence-corrected chi connectivity index (χ0v) is 18.9. The second-order valence-corrected chi connectivity index (χ2v) is 8.97. The summed E-state index contributed by atoms with van der Waals surface area (Å²) in [5.74, 6) is -1.19. The average molecular weight is 517 g/mol. The molecule has 31 heavy (non-hydrogen) atoms. The van der Waals surface area contributed by atoms with Crippen LogP contribution in [0.4, 0.5) is 24.7 Å². The molecule has 0 atom stereocenters. The molecule has 1 aromatic carbocycles. The number of alkyl halides is 2. The highest BCUT2D eigenvalue weighted by molar-refractivity contribution is 9.10. The predicted molar refractivity (Wildman–Crippen MR) is 116 cm³/mol. The molecule has 1 aliphatic rings. The molecule has 1 saturated carbocycles. The van der Waals surface area contributed by atoms with Crippen LogP contribution in [0.15, 0.2) is 29.1 Å². The Morgan fingerprint density at radius 2 is 2.00 bits per heavy atom. The van der Waals surface area contributed by atoms with Crippen LogP contribution in [0.25, 0.3) is 11.0 Å². The maximum atomic E-state index is 14.7. The fraction of sp³-hybridized carbons (Fsp3) is 0.350. The quantitative estimate of drug-likeness (QED) is 0.404. The topological polar surface area (TPSA) is 71.8 Å². The molecule has 3 aromatic rings. The number of hydrogen-bond donors (Lipinski definition) is 2. The second-order valence-electron chi connectivity index (χ2n) is 7.75. The summed E-state index contributed by atoms with van der Waals surface area (Å²) in [6.07, 6.45) is -0.673. The zero-order chi connectivity index (χ0) is 22.5. The van der Waals surface area contributed by atoms with Crippen molar-refractivity contribution in [2.75, 3.05) is 5.32 Å². The Bertz CT molecular complexity index is 1180. The lowest BCUT2D eigenvalue weighted by Gasteiger charge is -2.18. The molecule has 1 aliphatic carbocycles. The van der Waals surface area contributed by atoms with Gasteiger partial charge in [0, 0.05) is 6.04 Å². The number of benzene rings is 1. The van der Waals surface area contributed by atoms with Crippen molar-refractivity contribution in [3.05, 3.63) is 45.5 Å². The number of pyridine rings is 1. The van der Waals surface area contributed by atoms with Gasteiger partial charge in [-0.1, -0.05) is 11.6 Å². The Hall–Kier alpha value is -2.33. The van der Waals surface area contributed by atoms with Crippen LogP contribution in [0, 0.1) is 5.82 Å². The van der Waals surface area contributed by atoms with E-state index in [0.29, 0.717) is 21.5 Å². The lowest BCUT2D eigenvalue weighted by molar-refractivity contribution is 0.0680. The van der Waals surface area contributed by atoms with Gasteiger partial charge in [0.05, 0.1) is 28.1 Å². The van der Waals surface area contributed by atoms with Crippen LogP contribution >= 0.6 is 27.5 Å². The first kappa shape index (κ1) is 21.9.